The molecular formula is C19H20N2O2. The summed E-state index contributed by atoms with van der Waals surface area (Å²) < 4.78 is 5.52. The van der Waals surface area contributed by atoms with Gasteiger partial charge in [-0.3, -0.25) is 4.79 Å². The van der Waals surface area contributed by atoms with Crippen molar-refractivity contribution in [2.24, 2.45) is 0 Å². The van der Waals surface area contributed by atoms with Crippen LogP contribution >= 0.6 is 0 Å². The maximum absolute atomic E-state index is 12.0. The summed E-state index contributed by atoms with van der Waals surface area (Å²) in [6, 6.07) is 16.0. The normalized spacial score (nSPS) is 12.1. The lowest BCUT2D eigenvalue weighted by molar-refractivity contribution is -0.120. The SMILES string of the molecule is CNC(=O)CC(c1ccccc1)c1c[nH]c2cccc(OC)c12. The molecule has 3 rings (SSSR count). The minimum absolute atomic E-state index is 0.0168. The molecule has 4 heteroatoms. The average Bonchev–Trinajstić information content (AvgIpc) is 3.04. The summed E-state index contributed by atoms with van der Waals surface area (Å²) in [5.74, 6) is 0.806. The maximum Gasteiger partial charge on any atom is 0.220 e. The Morgan fingerprint density at radius 3 is 2.65 bits per heavy atom. The third kappa shape index (κ3) is 2.93. The molecule has 0 fully saturated rings. The highest BCUT2D eigenvalue weighted by atomic mass is 16.5. The number of carbonyl (C=O) groups is 1. The summed E-state index contributed by atoms with van der Waals surface area (Å²) in [7, 11) is 3.34. The number of rotatable bonds is 5. The summed E-state index contributed by atoms with van der Waals surface area (Å²) in [5, 5.41) is 3.76. The van der Waals surface area contributed by atoms with E-state index in [4.69, 9.17) is 4.74 Å². The monoisotopic (exact) mass is 308 g/mol. The number of nitrogens with one attached hydrogen (secondary N) is 2. The smallest absolute Gasteiger partial charge is 0.220 e. The predicted octanol–water partition coefficient (Wildman–Crippen LogP) is 3.44. The zero-order valence-corrected chi connectivity index (χ0v) is 13.3. The Morgan fingerprint density at radius 1 is 1.17 bits per heavy atom. The Labute approximate surface area is 135 Å². The fraction of sp³-hybridized carbons (Fsp3) is 0.211. The third-order valence-corrected chi connectivity index (χ3v) is 4.16. The van der Waals surface area contributed by atoms with Crippen LogP contribution in [0.1, 0.15) is 23.5 Å². The molecule has 2 N–H and O–H groups in total. The van der Waals surface area contributed by atoms with E-state index in [-0.39, 0.29) is 11.8 Å². The molecule has 1 unspecified atom stereocenters. The second kappa shape index (κ2) is 6.57. The van der Waals surface area contributed by atoms with Crippen LogP contribution in [0.5, 0.6) is 5.75 Å². The van der Waals surface area contributed by atoms with Crippen molar-refractivity contribution in [2.45, 2.75) is 12.3 Å². The van der Waals surface area contributed by atoms with Crippen LogP contribution in [0.15, 0.2) is 54.7 Å². The average molecular weight is 308 g/mol. The van der Waals surface area contributed by atoms with E-state index >= 15 is 0 Å². The van der Waals surface area contributed by atoms with Gasteiger partial charge in [0.05, 0.1) is 7.11 Å². The van der Waals surface area contributed by atoms with E-state index in [0.717, 1.165) is 27.8 Å². The first-order valence-electron chi connectivity index (χ1n) is 7.64. The molecule has 0 bridgehead atoms. The molecule has 1 atom stereocenters. The lowest BCUT2D eigenvalue weighted by atomic mass is 9.88. The van der Waals surface area contributed by atoms with Gasteiger partial charge in [0.25, 0.3) is 0 Å². The Bertz CT molecular complexity index is 809. The van der Waals surface area contributed by atoms with E-state index in [9.17, 15) is 4.79 Å². The number of fused-ring (bicyclic) bond motifs is 1. The fourth-order valence-corrected chi connectivity index (χ4v) is 3.00. The Balaban J connectivity index is 2.15. The van der Waals surface area contributed by atoms with Crippen molar-refractivity contribution in [1.29, 1.82) is 0 Å². The van der Waals surface area contributed by atoms with Gasteiger partial charge in [-0.05, 0) is 23.3 Å². The highest BCUT2D eigenvalue weighted by Gasteiger charge is 2.22. The summed E-state index contributed by atoms with van der Waals surface area (Å²) in [6.07, 6.45) is 2.37. The highest BCUT2D eigenvalue weighted by Crippen LogP contribution is 2.37. The molecule has 0 aliphatic carbocycles. The summed E-state index contributed by atoms with van der Waals surface area (Å²) in [4.78, 5) is 15.3. The van der Waals surface area contributed by atoms with E-state index in [2.05, 4.69) is 22.4 Å². The predicted molar refractivity (Wildman–Crippen MR) is 91.8 cm³/mol. The molecule has 0 radical (unpaired) electrons. The summed E-state index contributed by atoms with van der Waals surface area (Å²) in [6.45, 7) is 0. The van der Waals surface area contributed by atoms with Crippen molar-refractivity contribution in [3.63, 3.8) is 0 Å². The number of aromatic amines is 1. The molecule has 4 nitrogen and oxygen atoms in total. The Kier molecular flexibility index (Phi) is 4.33. The summed E-state index contributed by atoms with van der Waals surface area (Å²) in [5.41, 5.74) is 3.20. The van der Waals surface area contributed by atoms with Crippen LogP contribution in [0, 0.1) is 0 Å². The summed E-state index contributed by atoms with van der Waals surface area (Å²) >= 11 is 0. The van der Waals surface area contributed by atoms with Gasteiger partial charge in [-0.1, -0.05) is 36.4 Å². The van der Waals surface area contributed by atoms with E-state index < -0.39 is 0 Å². The number of aromatic nitrogens is 1. The number of benzene rings is 2. The van der Waals surface area contributed by atoms with Crippen molar-refractivity contribution < 1.29 is 9.53 Å². The van der Waals surface area contributed by atoms with Crippen LogP contribution in [-0.2, 0) is 4.79 Å². The lowest BCUT2D eigenvalue weighted by Crippen LogP contribution is -2.21. The van der Waals surface area contributed by atoms with E-state index in [1.807, 2.05) is 42.6 Å². The number of H-pyrrole nitrogens is 1. The first-order valence-corrected chi connectivity index (χ1v) is 7.64. The molecule has 0 spiro atoms. The van der Waals surface area contributed by atoms with Gasteiger partial charge in [-0.25, -0.2) is 0 Å². The van der Waals surface area contributed by atoms with Crippen LogP contribution in [0.3, 0.4) is 0 Å². The van der Waals surface area contributed by atoms with Crippen LogP contribution in [0.2, 0.25) is 0 Å². The molecule has 1 aromatic heterocycles. The van der Waals surface area contributed by atoms with E-state index in [1.165, 1.54) is 0 Å². The van der Waals surface area contributed by atoms with Gasteiger partial charge < -0.3 is 15.0 Å². The van der Waals surface area contributed by atoms with Gasteiger partial charge in [0.1, 0.15) is 5.75 Å². The Hall–Kier alpha value is -2.75. The minimum Gasteiger partial charge on any atom is -0.496 e. The lowest BCUT2D eigenvalue weighted by Gasteiger charge is -2.17. The largest absolute Gasteiger partial charge is 0.496 e. The molecule has 0 aliphatic rings. The van der Waals surface area contributed by atoms with E-state index in [1.54, 1.807) is 14.2 Å². The van der Waals surface area contributed by atoms with Crippen molar-refractivity contribution in [1.82, 2.24) is 10.3 Å². The van der Waals surface area contributed by atoms with Crippen LogP contribution < -0.4 is 10.1 Å². The number of amides is 1. The number of methoxy groups -OCH3 is 1. The second-order valence-corrected chi connectivity index (χ2v) is 5.47. The minimum atomic E-state index is -0.0267. The zero-order chi connectivity index (χ0) is 16.2. The van der Waals surface area contributed by atoms with Gasteiger partial charge in [0, 0.05) is 36.5 Å². The van der Waals surface area contributed by atoms with Gasteiger partial charge in [-0.15, -0.1) is 0 Å². The molecule has 0 saturated heterocycles. The van der Waals surface area contributed by atoms with Crippen molar-refractivity contribution >= 4 is 16.8 Å². The van der Waals surface area contributed by atoms with E-state index in [0.29, 0.717) is 6.42 Å². The van der Waals surface area contributed by atoms with Crippen LogP contribution in [-0.4, -0.2) is 25.0 Å². The van der Waals surface area contributed by atoms with Crippen molar-refractivity contribution in [2.75, 3.05) is 14.2 Å². The number of ether oxygens (including phenoxy) is 1. The standard InChI is InChI=1S/C19H20N2O2/c1-20-18(22)11-14(13-7-4-3-5-8-13)15-12-21-16-9-6-10-17(23-2)19(15)16/h3-10,12,14,21H,11H2,1-2H3,(H,20,22). The second-order valence-electron chi connectivity index (χ2n) is 5.47. The molecule has 2 aromatic carbocycles. The molecule has 0 aliphatic heterocycles. The van der Waals surface area contributed by atoms with Gasteiger partial charge in [0.15, 0.2) is 0 Å². The number of hydrogen-bond donors (Lipinski definition) is 2. The molecule has 3 aromatic rings. The molecule has 118 valence electrons. The first-order chi connectivity index (χ1) is 11.2. The van der Waals surface area contributed by atoms with Crippen LogP contribution in [0.4, 0.5) is 0 Å². The quantitative estimate of drug-likeness (QED) is 0.758. The molecule has 1 heterocycles. The number of hydrogen-bond acceptors (Lipinski definition) is 2. The first kappa shape index (κ1) is 15.2. The van der Waals surface area contributed by atoms with Crippen LogP contribution in [0.25, 0.3) is 10.9 Å². The fourth-order valence-electron chi connectivity index (χ4n) is 3.00. The topological polar surface area (TPSA) is 54.1 Å². The molecule has 23 heavy (non-hydrogen) atoms. The molecular weight excluding hydrogens is 288 g/mol. The maximum atomic E-state index is 12.0. The molecule has 0 saturated carbocycles. The van der Waals surface area contributed by atoms with Gasteiger partial charge in [-0.2, -0.15) is 0 Å². The van der Waals surface area contributed by atoms with Crippen molar-refractivity contribution in [3.05, 3.63) is 65.9 Å². The van der Waals surface area contributed by atoms with Crippen molar-refractivity contribution in [3.8, 4) is 5.75 Å². The molecule has 1 amide bonds. The Morgan fingerprint density at radius 2 is 1.96 bits per heavy atom. The zero-order valence-electron chi connectivity index (χ0n) is 13.3. The van der Waals surface area contributed by atoms with Gasteiger partial charge >= 0.3 is 0 Å². The number of carbonyl (C=O) groups excluding carboxylic acids is 1. The van der Waals surface area contributed by atoms with Gasteiger partial charge in [0.2, 0.25) is 5.91 Å². The highest BCUT2D eigenvalue weighted by molar-refractivity contribution is 5.91. The third-order valence-electron chi connectivity index (χ3n) is 4.16.